The zero-order valence-electron chi connectivity index (χ0n) is 17.6. The van der Waals surface area contributed by atoms with Crippen LogP contribution in [0.15, 0.2) is 42.7 Å². The van der Waals surface area contributed by atoms with Gasteiger partial charge in [-0.1, -0.05) is 31.5 Å². The molecule has 0 aliphatic rings. The second kappa shape index (κ2) is 8.88. The molecule has 0 bridgehead atoms. The number of hydrogen-bond acceptors (Lipinski definition) is 5. The van der Waals surface area contributed by atoms with Gasteiger partial charge in [0.2, 0.25) is 0 Å². The molecule has 0 saturated heterocycles. The second-order valence-corrected chi connectivity index (χ2v) is 8.55. The lowest BCUT2D eigenvalue weighted by atomic mass is 9.95. The summed E-state index contributed by atoms with van der Waals surface area (Å²) in [6.45, 7) is 8.07. The van der Waals surface area contributed by atoms with Gasteiger partial charge in [0.25, 0.3) is 0 Å². The van der Waals surface area contributed by atoms with Crippen LogP contribution in [0.2, 0.25) is 5.02 Å². The largest absolute Gasteiger partial charge is 0.488 e. The highest BCUT2D eigenvalue weighted by Crippen LogP contribution is 2.31. The van der Waals surface area contributed by atoms with Crippen LogP contribution in [0.5, 0.6) is 5.75 Å². The molecule has 0 radical (unpaired) electrons. The van der Waals surface area contributed by atoms with Crippen molar-refractivity contribution in [2.45, 2.75) is 39.7 Å². The fourth-order valence-electron chi connectivity index (χ4n) is 3.65. The van der Waals surface area contributed by atoms with E-state index in [1.807, 2.05) is 44.2 Å². The van der Waals surface area contributed by atoms with Gasteiger partial charge in [0.1, 0.15) is 18.0 Å². The molecule has 1 unspecified atom stereocenters. The smallest absolute Gasteiger partial charge is 0.405 e. The molecule has 7 heteroatoms. The Balaban J connectivity index is 1.85. The molecule has 6 nitrogen and oxygen atoms in total. The molecule has 1 aromatic carbocycles. The first-order chi connectivity index (χ1) is 14.2. The summed E-state index contributed by atoms with van der Waals surface area (Å²) in [4.78, 5) is 20.3. The predicted octanol–water partition coefficient (Wildman–Crippen LogP) is 5.54. The summed E-state index contributed by atoms with van der Waals surface area (Å²) in [6, 6.07) is 9.51. The topological polar surface area (TPSA) is 87.3 Å². The SMILES string of the molecule is Cc1cc(-c2ccnc3cc(Cl)ccc23)ncc1OCC(C)(CC(C)C)OC(N)=O. The quantitative estimate of drug-likeness (QED) is 0.535. The van der Waals surface area contributed by atoms with Gasteiger partial charge in [0.05, 0.1) is 17.4 Å². The van der Waals surface area contributed by atoms with Crippen molar-refractivity contribution < 1.29 is 14.3 Å². The van der Waals surface area contributed by atoms with Gasteiger partial charge in [0, 0.05) is 22.2 Å². The molecule has 3 aromatic rings. The maximum absolute atomic E-state index is 11.3. The van der Waals surface area contributed by atoms with E-state index in [-0.39, 0.29) is 6.61 Å². The van der Waals surface area contributed by atoms with Crippen LogP contribution in [-0.2, 0) is 4.74 Å². The van der Waals surface area contributed by atoms with Gasteiger partial charge in [-0.3, -0.25) is 9.97 Å². The van der Waals surface area contributed by atoms with E-state index < -0.39 is 11.7 Å². The van der Waals surface area contributed by atoms with Gasteiger partial charge in [-0.05, 0) is 56.0 Å². The van der Waals surface area contributed by atoms with Crippen LogP contribution in [0.4, 0.5) is 4.79 Å². The molecular formula is C23H26ClN3O3. The Labute approximate surface area is 181 Å². The Morgan fingerprint density at radius 3 is 2.67 bits per heavy atom. The van der Waals surface area contributed by atoms with Gasteiger partial charge in [-0.25, -0.2) is 4.79 Å². The molecule has 2 aromatic heterocycles. The van der Waals surface area contributed by atoms with E-state index in [2.05, 4.69) is 23.8 Å². The minimum atomic E-state index is -0.814. The zero-order valence-corrected chi connectivity index (χ0v) is 18.4. The first-order valence-electron chi connectivity index (χ1n) is 9.79. The van der Waals surface area contributed by atoms with Gasteiger partial charge < -0.3 is 15.2 Å². The maximum atomic E-state index is 11.3. The van der Waals surface area contributed by atoms with E-state index in [0.717, 1.165) is 27.7 Å². The number of benzene rings is 1. The number of primary amides is 1. The van der Waals surface area contributed by atoms with Gasteiger partial charge in [-0.15, -0.1) is 0 Å². The molecule has 0 aliphatic carbocycles. The van der Waals surface area contributed by atoms with Crippen molar-refractivity contribution in [3.8, 4) is 17.0 Å². The highest BCUT2D eigenvalue weighted by atomic mass is 35.5. The molecular weight excluding hydrogens is 402 g/mol. The van der Waals surface area contributed by atoms with Crippen molar-refractivity contribution >= 4 is 28.6 Å². The fourth-order valence-corrected chi connectivity index (χ4v) is 3.82. The summed E-state index contributed by atoms with van der Waals surface area (Å²) in [6.07, 6.45) is 3.25. The number of aryl methyl sites for hydroxylation is 1. The summed E-state index contributed by atoms with van der Waals surface area (Å²) in [5.41, 5.74) is 7.95. The highest BCUT2D eigenvalue weighted by molar-refractivity contribution is 6.31. The van der Waals surface area contributed by atoms with Gasteiger partial charge >= 0.3 is 6.09 Å². The lowest BCUT2D eigenvalue weighted by Crippen LogP contribution is -2.41. The molecule has 0 spiro atoms. The minimum absolute atomic E-state index is 0.187. The Kier molecular flexibility index (Phi) is 6.46. The van der Waals surface area contributed by atoms with Crippen LogP contribution < -0.4 is 10.5 Å². The molecule has 1 amide bonds. The van der Waals surface area contributed by atoms with E-state index in [1.54, 1.807) is 12.4 Å². The number of amides is 1. The van der Waals surface area contributed by atoms with Crippen molar-refractivity contribution in [2.75, 3.05) is 6.61 Å². The average molecular weight is 428 g/mol. The van der Waals surface area contributed by atoms with Crippen LogP contribution >= 0.6 is 11.6 Å². The molecule has 158 valence electrons. The van der Waals surface area contributed by atoms with E-state index in [9.17, 15) is 4.79 Å². The second-order valence-electron chi connectivity index (χ2n) is 8.11. The van der Waals surface area contributed by atoms with E-state index in [4.69, 9.17) is 26.8 Å². The van der Waals surface area contributed by atoms with Crippen LogP contribution in [0, 0.1) is 12.8 Å². The predicted molar refractivity (Wildman–Crippen MR) is 119 cm³/mol. The number of nitrogens with two attached hydrogens (primary N) is 1. The van der Waals surface area contributed by atoms with Crippen LogP contribution in [-0.4, -0.2) is 28.3 Å². The lowest BCUT2D eigenvalue weighted by molar-refractivity contribution is -0.0188. The monoisotopic (exact) mass is 427 g/mol. The average Bonchev–Trinajstić information content (AvgIpc) is 2.65. The molecule has 30 heavy (non-hydrogen) atoms. The normalized spacial score (nSPS) is 13.3. The fraction of sp³-hybridized carbons (Fsp3) is 0.348. The number of pyridine rings is 2. The first kappa shape index (κ1) is 21.8. The summed E-state index contributed by atoms with van der Waals surface area (Å²) in [7, 11) is 0. The Hall–Kier alpha value is -2.86. The van der Waals surface area contributed by atoms with Crippen molar-refractivity contribution in [2.24, 2.45) is 11.7 Å². The van der Waals surface area contributed by atoms with Crippen molar-refractivity contribution in [1.82, 2.24) is 9.97 Å². The summed E-state index contributed by atoms with van der Waals surface area (Å²) >= 11 is 6.09. The summed E-state index contributed by atoms with van der Waals surface area (Å²) in [5.74, 6) is 0.941. The Morgan fingerprint density at radius 2 is 2.00 bits per heavy atom. The third-order valence-corrected chi connectivity index (χ3v) is 5.00. The zero-order chi connectivity index (χ0) is 21.9. The number of nitrogens with zero attached hydrogens (tertiary/aromatic N) is 2. The maximum Gasteiger partial charge on any atom is 0.405 e. The number of halogens is 1. The number of carbonyl (C=O) groups excluding carboxylic acids is 1. The Bertz CT molecular complexity index is 1070. The van der Waals surface area contributed by atoms with Crippen molar-refractivity contribution in [3.63, 3.8) is 0 Å². The molecule has 0 saturated carbocycles. The van der Waals surface area contributed by atoms with Crippen molar-refractivity contribution in [1.29, 1.82) is 0 Å². The summed E-state index contributed by atoms with van der Waals surface area (Å²) in [5, 5.41) is 1.62. The van der Waals surface area contributed by atoms with E-state index in [1.165, 1.54) is 0 Å². The number of carbonyl (C=O) groups is 1. The number of ether oxygens (including phenoxy) is 2. The van der Waals surface area contributed by atoms with Gasteiger partial charge in [0.15, 0.2) is 0 Å². The number of rotatable bonds is 7. The van der Waals surface area contributed by atoms with Crippen molar-refractivity contribution in [3.05, 3.63) is 53.3 Å². The van der Waals surface area contributed by atoms with Crippen LogP contribution in [0.1, 0.15) is 32.8 Å². The lowest BCUT2D eigenvalue weighted by Gasteiger charge is -2.30. The molecule has 2 N–H and O–H groups in total. The number of aromatic nitrogens is 2. The molecule has 2 heterocycles. The summed E-state index contributed by atoms with van der Waals surface area (Å²) < 4.78 is 11.3. The third kappa shape index (κ3) is 5.19. The van der Waals surface area contributed by atoms with Crippen LogP contribution in [0.25, 0.3) is 22.2 Å². The van der Waals surface area contributed by atoms with E-state index in [0.29, 0.717) is 23.1 Å². The molecule has 0 aliphatic heterocycles. The molecule has 1 atom stereocenters. The minimum Gasteiger partial charge on any atom is -0.488 e. The molecule has 0 fully saturated rings. The number of fused-ring (bicyclic) bond motifs is 1. The van der Waals surface area contributed by atoms with Gasteiger partial charge in [-0.2, -0.15) is 0 Å². The molecule has 3 rings (SSSR count). The first-order valence-corrected chi connectivity index (χ1v) is 10.2. The standard InChI is InChI=1S/C23H26ClN3O3/c1-14(2)11-23(4,30-22(25)28)13-29-21-12-27-19(9-15(21)3)18-7-8-26-20-10-16(24)5-6-17(18)20/h5-10,12,14H,11,13H2,1-4H3,(H2,25,28). The van der Waals surface area contributed by atoms with Crippen LogP contribution in [0.3, 0.4) is 0 Å². The van der Waals surface area contributed by atoms with E-state index >= 15 is 0 Å². The third-order valence-electron chi connectivity index (χ3n) is 4.76. The Morgan fingerprint density at radius 1 is 1.23 bits per heavy atom. The number of hydrogen-bond donors (Lipinski definition) is 1. The highest BCUT2D eigenvalue weighted by Gasteiger charge is 2.30.